The number of likely N-dealkylation sites (tertiary alicyclic amines) is 1. The normalized spacial score (nSPS) is 15.4. The monoisotopic (exact) mass is 422 g/mol. The summed E-state index contributed by atoms with van der Waals surface area (Å²) in [7, 11) is 0. The first kappa shape index (κ1) is 18.4. The lowest BCUT2D eigenvalue weighted by Gasteiger charge is -2.32. The van der Waals surface area contributed by atoms with Crippen molar-refractivity contribution in [1.82, 2.24) is 9.88 Å². The number of halogens is 2. The number of benzene rings is 1. The molecular weight excluding hydrogens is 404 g/mol. The molecule has 0 N–H and O–H groups in total. The summed E-state index contributed by atoms with van der Waals surface area (Å²) in [6.07, 6.45) is 3.45. The van der Waals surface area contributed by atoms with Gasteiger partial charge >= 0.3 is 0 Å². The number of hydrogen-bond acceptors (Lipinski definition) is 3. The van der Waals surface area contributed by atoms with Crippen molar-refractivity contribution in [3.63, 3.8) is 0 Å². The Morgan fingerprint density at radius 3 is 2.68 bits per heavy atom. The van der Waals surface area contributed by atoms with Crippen LogP contribution in [0, 0.1) is 6.92 Å². The topological polar surface area (TPSA) is 42.4 Å². The third-order valence-corrected chi connectivity index (χ3v) is 5.94. The smallest absolute Gasteiger partial charge is 0.256 e. The molecule has 1 fully saturated rings. The van der Waals surface area contributed by atoms with Crippen molar-refractivity contribution >= 4 is 33.4 Å². The van der Waals surface area contributed by atoms with E-state index in [1.165, 1.54) is 5.56 Å². The van der Waals surface area contributed by atoms with Crippen LogP contribution in [0.2, 0.25) is 5.02 Å². The number of pyridine rings is 1. The maximum Gasteiger partial charge on any atom is 0.256 e. The van der Waals surface area contributed by atoms with Gasteiger partial charge in [-0.3, -0.25) is 9.78 Å². The van der Waals surface area contributed by atoms with Gasteiger partial charge in [0.25, 0.3) is 5.91 Å². The molecule has 25 heavy (non-hydrogen) atoms. The largest absolute Gasteiger partial charge is 0.373 e. The summed E-state index contributed by atoms with van der Waals surface area (Å²) in [5, 5.41) is 0.493. The number of aromatic nitrogens is 1. The summed E-state index contributed by atoms with van der Waals surface area (Å²) in [5.41, 5.74) is 2.39. The minimum atomic E-state index is -0.0391. The summed E-state index contributed by atoms with van der Waals surface area (Å²) < 4.78 is 6.60. The van der Waals surface area contributed by atoms with Crippen LogP contribution in [0.1, 0.15) is 34.5 Å². The van der Waals surface area contributed by atoms with Gasteiger partial charge < -0.3 is 9.64 Å². The van der Waals surface area contributed by atoms with E-state index in [1.54, 1.807) is 6.20 Å². The Labute approximate surface area is 161 Å². The summed E-state index contributed by atoms with van der Waals surface area (Å²) in [6, 6.07) is 10.1. The van der Waals surface area contributed by atoms with Crippen molar-refractivity contribution in [3.05, 3.63) is 62.8 Å². The highest BCUT2D eigenvalue weighted by Gasteiger charge is 2.26. The lowest BCUT2D eigenvalue weighted by atomic mass is 10.1. The lowest BCUT2D eigenvalue weighted by Crippen LogP contribution is -2.41. The zero-order valence-electron chi connectivity index (χ0n) is 14.0. The molecule has 1 amide bonds. The number of piperidine rings is 1. The molecule has 1 saturated heterocycles. The number of amides is 1. The van der Waals surface area contributed by atoms with Crippen molar-refractivity contribution < 1.29 is 9.53 Å². The number of nitrogens with zero attached hydrogens (tertiary/aromatic N) is 2. The molecule has 0 radical (unpaired) electrons. The molecule has 2 heterocycles. The van der Waals surface area contributed by atoms with Gasteiger partial charge in [-0.15, -0.1) is 0 Å². The quantitative estimate of drug-likeness (QED) is 0.720. The Balaban J connectivity index is 1.55. The highest BCUT2D eigenvalue weighted by Crippen LogP contribution is 2.29. The van der Waals surface area contributed by atoms with Gasteiger partial charge in [-0.05, 0) is 41.3 Å². The Kier molecular flexibility index (Phi) is 6.10. The zero-order valence-corrected chi connectivity index (χ0v) is 16.4. The van der Waals surface area contributed by atoms with Crippen LogP contribution >= 0.6 is 27.5 Å². The van der Waals surface area contributed by atoms with Crippen LogP contribution in [0.15, 0.2) is 41.0 Å². The van der Waals surface area contributed by atoms with E-state index in [0.717, 1.165) is 12.8 Å². The fraction of sp³-hybridized carbons (Fsp3) is 0.368. The van der Waals surface area contributed by atoms with Gasteiger partial charge in [-0.2, -0.15) is 0 Å². The van der Waals surface area contributed by atoms with Gasteiger partial charge in [-0.25, -0.2) is 0 Å². The molecular formula is C19H20BrClN2O2. The van der Waals surface area contributed by atoms with Crippen molar-refractivity contribution in [2.45, 2.75) is 32.5 Å². The van der Waals surface area contributed by atoms with Crippen molar-refractivity contribution in [2.24, 2.45) is 0 Å². The molecule has 1 aromatic carbocycles. The molecule has 4 nitrogen and oxygen atoms in total. The SMILES string of the molecule is Cc1ncc(C(=O)N2CCC(OCc3ccccc3)CC2)c(Br)c1Cl. The lowest BCUT2D eigenvalue weighted by molar-refractivity contribution is -0.000408. The average Bonchev–Trinajstić information content (AvgIpc) is 2.65. The Bertz CT molecular complexity index is 747. The number of aryl methyl sites for hydroxylation is 1. The summed E-state index contributed by atoms with van der Waals surface area (Å²) in [4.78, 5) is 18.8. The molecule has 1 aliphatic rings. The molecule has 0 spiro atoms. The summed E-state index contributed by atoms with van der Waals surface area (Å²) >= 11 is 9.61. The van der Waals surface area contributed by atoms with E-state index in [9.17, 15) is 4.79 Å². The third-order valence-electron chi connectivity index (χ3n) is 4.42. The number of carbonyl (C=O) groups is 1. The first-order valence-corrected chi connectivity index (χ1v) is 9.48. The third kappa shape index (κ3) is 4.40. The van der Waals surface area contributed by atoms with Crippen LogP contribution in [0.3, 0.4) is 0 Å². The summed E-state index contributed by atoms with van der Waals surface area (Å²) in [6.45, 7) is 3.78. The minimum Gasteiger partial charge on any atom is -0.373 e. The highest BCUT2D eigenvalue weighted by atomic mass is 79.9. The first-order valence-electron chi connectivity index (χ1n) is 8.31. The van der Waals surface area contributed by atoms with E-state index in [-0.39, 0.29) is 12.0 Å². The number of ether oxygens (including phenoxy) is 1. The average molecular weight is 424 g/mol. The van der Waals surface area contributed by atoms with Crippen molar-refractivity contribution in [3.8, 4) is 0 Å². The van der Waals surface area contributed by atoms with Crippen LogP contribution < -0.4 is 0 Å². The molecule has 0 aliphatic carbocycles. The van der Waals surface area contributed by atoms with Crippen LogP contribution in [-0.4, -0.2) is 35.0 Å². The molecule has 0 bridgehead atoms. The van der Waals surface area contributed by atoms with E-state index >= 15 is 0 Å². The predicted octanol–water partition coefficient (Wildman–Crippen LogP) is 4.63. The van der Waals surface area contributed by atoms with Gasteiger partial charge in [0, 0.05) is 19.3 Å². The van der Waals surface area contributed by atoms with E-state index < -0.39 is 0 Å². The maximum absolute atomic E-state index is 12.7. The van der Waals surface area contributed by atoms with Gasteiger partial charge in [0.15, 0.2) is 0 Å². The van der Waals surface area contributed by atoms with Gasteiger partial charge in [-0.1, -0.05) is 41.9 Å². The van der Waals surface area contributed by atoms with Gasteiger partial charge in [0.2, 0.25) is 0 Å². The number of carbonyl (C=O) groups excluding carboxylic acids is 1. The van der Waals surface area contributed by atoms with Crippen molar-refractivity contribution in [2.75, 3.05) is 13.1 Å². The van der Waals surface area contributed by atoms with Gasteiger partial charge in [0.05, 0.1) is 33.5 Å². The van der Waals surface area contributed by atoms with Crippen LogP contribution in [0.25, 0.3) is 0 Å². The molecule has 1 aromatic heterocycles. The molecule has 1 aliphatic heterocycles. The van der Waals surface area contributed by atoms with Crippen molar-refractivity contribution in [1.29, 1.82) is 0 Å². The molecule has 6 heteroatoms. The van der Waals surface area contributed by atoms with Crippen LogP contribution in [-0.2, 0) is 11.3 Å². The second-order valence-electron chi connectivity index (χ2n) is 6.17. The number of hydrogen-bond donors (Lipinski definition) is 0. The standard InChI is InChI=1S/C19H20BrClN2O2/c1-13-18(21)17(20)16(11-22-13)19(24)23-9-7-15(8-10-23)25-12-14-5-3-2-4-6-14/h2-6,11,15H,7-10,12H2,1H3. The second-order valence-corrected chi connectivity index (χ2v) is 7.34. The van der Waals surface area contributed by atoms with Crippen LogP contribution in [0.5, 0.6) is 0 Å². The Hall–Kier alpha value is -1.43. The Morgan fingerprint density at radius 1 is 1.32 bits per heavy atom. The summed E-state index contributed by atoms with van der Waals surface area (Å²) in [5.74, 6) is -0.0391. The van der Waals surface area contributed by atoms with Crippen LogP contribution in [0.4, 0.5) is 0 Å². The fourth-order valence-electron chi connectivity index (χ4n) is 2.89. The first-order chi connectivity index (χ1) is 12.1. The molecule has 2 aromatic rings. The second kappa shape index (κ2) is 8.30. The maximum atomic E-state index is 12.7. The predicted molar refractivity (Wildman–Crippen MR) is 102 cm³/mol. The molecule has 0 saturated carbocycles. The highest BCUT2D eigenvalue weighted by molar-refractivity contribution is 9.10. The van der Waals surface area contributed by atoms with E-state index in [4.69, 9.17) is 16.3 Å². The zero-order chi connectivity index (χ0) is 17.8. The molecule has 0 unspecified atom stereocenters. The Morgan fingerprint density at radius 2 is 2.00 bits per heavy atom. The van der Waals surface area contributed by atoms with E-state index in [2.05, 4.69) is 33.0 Å². The molecule has 3 rings (SSSR count). The minimum absolute atomic E-state index is 0.0391. The molecule has 0 atom stereocenters. The number of rotatable bonds is 4. The van der Waals surface area contributed by atoms with E-state index in [1.807, 2.05) is 30.0 Å². The molecule has 132 valence electrons. The van der Waals surface area contributed by atoms with E-state index in [0.29, 0.717) is 40.4 Å². The van der Waals surface area contributed by atoms with Gasteiger partial charge in [0.1, 0.15) is 0 Å². The fourth-order valence-corrected chi connectivity index (χ4v) is 3.59.